The third-order valence-electron chi connectivity index (χ3n) is 6.21. The van der Waals surface area contributed by atoms with Crippen molar-refractivity contribution >= 4 is 32.0 Å². The first-order valence-corrected chi connectivity index (χ1v) is 12.8. The average molecular weight is 492 g/mol. The Kier molecular flexibility index (Phi) is 5.27. The van der Waals surface area contributed by atoms with Gasteiger partial charge in [-0.15, -0.1) is 0 Å². The second-order valence-corrected chi connectivity index (χ2v) is 10.2. The van der Waals surface area contributed by atoms with E-state index in [1.165, 1.54) is 3.97 Å². The number of benzene rings is 3. The van der Waals surface area contributed by atoms with Crippen molar-refractivity contribution in [2.45, 2.75) is 4.90 Å². The third kappa shape index (κ3) is 3.61. The Morgan fingerprint density at radius 3 is 2.28 bits per heavy atom. The van der Waals surface area contributed by atoms with E-state index in [0.29, 0.717) is 28.0 Å². The van der Waals surface area contributed by atoms with Crippen molar-refractivity contribution in [1.29, 1.82) is 0 Å². The van der Waals surface area contributed by atoms with Gasteiger partial charge in [0.1, 0.15) is 5.75 Å². The molecular formula is C29H21N3O3S. The lowest BCUT2D eigenvalue weighted by molar-refractivity contribution is 0.415. The molecule has 6 rings (SSSR count). The summed E-state index contributed by atoms with van der Waals surface area (Å²) < 4.78 is 33.8. The van der Waals surface area contributed by atoms with Gasteiger partial charge in [0.2, 0.25) is 0 Å². The van der Waals surface area contributed by atoms with Crippen LogP contribution in [-0.2, 0) is 10.0 Å². The molecule has 0 bridgehead atoms. The fourth-order valence-electron chi connectivity index (χ4n) is 4.45. The molecule has 0 fully saturated rings. The van der Waals surface area contributed by atoms with Crippen LogP contribution in [-0.4, -0.2) is 29.5 Å². The molecular weight excluding hydrogens is 470 g/mol. The number of hydrogen-bond donors (Lipinski definition) is 0. The quantitative estimate of drug-likeness (QED) is 0.289. The maximum atomic E-state index is 13.6. The van der Waals surface area contributed by atoms with Gasteiger partial charge in [-0.25, -0.2) is 22.4 Å². The number of pyridine rings is 2. The first-order valence-electron chi connectivity index (χ1n) is 11.4. The van der Waals surface area contributed by atoms with Gasteiger partial charge in [-0.3, -0.25) is 0 Å². The smallest absolute Gasteiger partial charge is 0.269 e. The zero-order valence-corrected chi connectivity index (χ0v) is 20.2. The molecule has 0 N–H and O–H groups in total. The largest absolute Gasteiger partial charge is 0.497 e. The molecule has 0 saturated heterocycles. The summed E-state index contributed by atoms with van der Waals surface area (Å²) >= 11 is 0. The fraction of sp³-hybridized carbons (Fsp3) is 0.0345. The van der Waals surface area contributed by atoms with Gasteiger partial charge in [-0.2, -0.15) is 0 Å². The molecule has 0 atom stereocenters. The predicted octanol–water partition coefficient (Wildman–Crippen LogP) is 6.16. The van der Waals surface area contributed by atoms with Gasteiger partial charge in [0.05, 0.1) is 23.2 Å². The molecule has 0 spiro atoms. The van der Waals surface area contributed by atoms with E-state index in [2.05, 4.69) is 4.98 Å². The van der Waals surface area contributed by atoms with Gasteiger partial charge < -0.3 is 4.74 Å². The Labute approximate surface area is 208 Å². The van der Waals surface area contributed by atoms with E-state index in [1.807, 2.05) is 60.7 Å². The monoisotopic (exact) mass is 491 g/mol. The molecule has 0 aliphatic carbocycles. The maximum absolute atomic E-state index is 13.6. The summed E-state index contributed by atoms with van der Waals surface area (Å²) in [7, 11) is -2.24. The molecule has 6 aromatic rings. The van der Waals surface area contributed by atoms with Crippen LogP contribution in [0.25, 0.3) is 44.3 Å². The Hall–Kier alpha value is -4.49. The lowest BCUT2D eigenvalue weighted by atomic mass is 9.98. The molecule has 0 aliphatic rings. The number of methoxy groups -OCH3 is 1. The first-order chi connectivity index (χ1) is 17.6. The van der Waals surface area contributed by atoms with Gasteiger partial charge >= 0.3 is 0 Å². The highest BCUT2D eigenvalue weighted by Crippen LogP contribution is 2.37. The van der Waals surface area contributed by atoms with Crippen LogP contribution in [0.5, 0.6) is 5.75 Å². The number of ether oxygens (including phenoxy) is 1. The van der Waals surface area contributed by atoms with Gasteiger partial charge in [0.25, 0.3) is 10.0 Å². The van der Waals surface area contributed by atoms with Crippen LogP contribution in [0.15, 0.2) is 114 Å². The molecule has 176 valence electrons. The van der Waals surface area contributed by atoms with Gasteiger partial charge in [-0.1, -0.05) is 48.5 Å². The highest BCUT2D eigenvalue weighted by atomic mass is 32.2. The highest BCUT2D eigenvalue weighted by Gasteiger charge is 2.23. The maximum Gasteiger partial charge on any atom is 0.269 e. The van der Waals surface area contributed by atoms with E-state index < -0.39 is 10.0 Å². The Bertz CT molecular complexity index is 1830. The van der Waals surface area contributed by atoms with Crippen LogP contribution < -0.4 is 4.74 Å². The minimum Gasteiger partial charge on any atom is -0.497 e. The van der Waals surface area contributed by atoms with Gasteiger partial charge in [-0.05, 0) is 53.6 Å². The number of fused-ring (bicyclic) bond motifs is 2. The van der Waals surface area contributed by atoms with Crippen LogP contribution in [0.1, 0.15) is 0 Å². The Morgan fingerprint density at radius 2 is 1.53 bits per heavy atom. The number of hydrogen-bond acceptors (Lipinski definition) is 5. The standard InChI is InChI=1S/C29H21N3O3S/c1-35-21-14-15-23-25(20-9-4-2-5-10-20)18-28(31-27(23)17-21)26-19-32(29-24(26)13-8-16-30-29)36(33,34)22-11-6-3-7-12-22/h2-19H,1H3. The molecule has 0 aliphatic heterocycles. The van der Waals surface area contributed by atoms with Crippen LogP contribution in [0.2, 0.25) is 0 Å². The topological polar surface area (TPSA) is 74.1 Å². The van der Waals surface area contributed by atoms with Crippen molar-refractivity contribution < 1.29 is 13.2 Å². The van der Waals surface area contributed by atoms with E-state index in [4.69, 9.17) is 9.72 Å². The minimum atomic E-state index is -3.86. The summed E-state index contributed by atoms with van der Waals surface area (Å²) in [5.41, 5.74) is 4.46. The van der Waals surface area contributed by atoms with Crippen molar-refractivity contribution in [3.05, 3.63) is 109 Å². The summed E-state index contributed by atoms with van der Waals surface area (Å²) in [5.74, 6) is 0.696. The molecule has 3 aromatic carbocycles. The van der Waals surface area contributed by atoms with Crippen molar-refractivity contribution in [2.75, 3.05) is 7.11 Å². The summed E-state index contributed by atoms with van der Waals surface area (Å²) in [5, 5.41) is 1.68. The second-order valence-electron chi connectivity index (χ2n) is 8.34. The molecule has 0 saturated carbocycles. The average Bonchev–Trinajstić information content (AvgIpc) is 3.34. The molecule has 0 amide bonds. The number of rotatable bonds is 5. The Morgan fingerprint density at radius 1 is 0.778 bits per heavy atom. The van der Waals surface area contributed by atoms with Crippen LogP contribution >= 0.6 is 0 Å². The SMILES string of the molecule is COc1ccc2c(-c3ccccc3)cc(-c3cn(S(=O)(=O)c4ccccc4)c4ncccc34)nc2c1. The molecule has 3 aromatic heterocycles. The second kappa shape index (κ2) is 8.62. The molecule has 6 nitrogen and oxygen atoms in total. The summed E-state index contributed by atoms with van der Waals surface area (Å²) in [6.07, 6.45) is 3.21. The number of nitrogens with zero attached hydrogens (tertiary/aromatic N) is 3. The zero-order chi connectivity index (χ0) is 24.7. The lowest BCUT2D eigenvalue weighted by Crippen LogP contribution is -2.12. The van der Waals surface area contributed by atoms with Crippen molar-refractivity contribution in [2.24, 2.45) is 0 Å². The molecule has 0 radical (unpaired) electrons. The fourth-order valence-corrected chi connectivity index (χ4v) is 5.80. The minimum absolute atomic E-state index is 0.195. The van der Waals surface area contributed by atoms with Crippen molar-refractivity contribution in [3.63, 3.8) is 0 Å². The van der Waals surface area contributed by atoms with E-state index in [9.17, 15) is 8.42 Å². The van der Waals surface area contributed by atoms with Crippen molar-refractivity contribution in [3.8, 4) is 28.1 Å². The summed E-state index contributed by atoms with van der Waals surface area (Å²) in [6.45, 7) is 0. The van der Waals surface area contributed by atoms with E-state index in [0.717, 1.165) is 22.0 Å². The van der Waals surface area contributed by atoms with E-state index >= 15 is 0 Å². The molecule has 0 unspecified atom stereocenters. The zero-order valence-electron chi connectivity index (χ0n) is 19.4. The summed E-state index contributed by atoms with van der Waals surface area (Å²) in [4.78, 5) is 9.56. The van der Waals surface area contributed by atoms with E-state index in [-0.39, 0.29) is 4.90 Å². The van der Waals surface area contributed by atoms with Crippen LogP contribution in [0.4, 0.5) is 0 Å². The first kappa shape index (κ1) is 22.0. The van der Waals surface area contributed by atoms with Crippen LogP contribution in [0, 0.1) is 0 Å². The van der Waals surface area contributed by atoms with Crippen molar-refractivity contribution in [1.82, 2.24) is 13.9 Å². The predicted molar refractivity (Wildman–Crippen MR) is 141 cm³/mol. The molecule has 7 heteroatoms. The van der Waals surface area contributed by atoms with Crippen LogP contribution in [0.3, 0.4) is 0 Å². The third-order valence-corrected chi connectivity index (χ3v) is 7.87. The molecule has 36 heavy (non-hydrogen) atoms. The Balaban J connectivity index is 1.65. The normalized spacial score (nSPS) is 11.7. The highest BCUT2D eigenvalue weighted by molar-refractivity contribution is 7.90. The van der Waals surface area contributed by atoms with E-state index in [1.54, 1.807) is 55.9 Å². The van der Waals surface area contributed by atoms with Gasteiger partial charge in [0, 0.05) is 34.8 Å². The number of aromatic nitrogens is 3. The summed E-state index contributed by atoms with van der Waals surface area (Å²) in [6, 6.07) is 29.9. The van der Waals surface area contributed by atoms with Gasteiger partial charge in [0.15, 0.2) is 5.65 Å². The lowest BCUT2D eigenvalue weighted by Gasteiger charge is -2.11. The molecule has 3 heterocycles.